The SMILES string of the molecule is CC(C)(C)OC(=O)N(Cc1cccc(F)n1)c1ccccc1. The van der Waals surface area contributed by atoms with Crippen LogP contribution >= 0.6 is 0 Å². The summed E-state index contributed by atoms with van der Waals surface area (Å²) in [6.45, 7) is 5.54. The zero-order chi connectivity index (χ0) is 16.2. The van der Waals surface area contributed by atoms with Gasteiger partial charge in [-0.1, -0.05) is 24.3 Å². The van der Waals surface area contributed by atoms with Crippen LogP contribution in [0, 0.1) is 5.95 Å². The zero-order valence-corrected chi connectivity index (χ0v) is 12.9. The molecular formula is C17H19FN2O2. The van der Waals surface area contributed by atoms with Gasteiger partial charge in [0.05, 0.1) is 12.2 Å². The molecule has 0 spiro atoms. The maximum atomic E-state index is 13.2. The molecule has 0 aliphatic carbocycles. The summed E-state index contributed by atoms with van der Waals surface area (Å²) in [6, 6.07) is 13.6. The molecule has 0 atom stereocenters. The summed E-state index contributed by atoms with van der Waals surface area (Å²) < 4.78 is 18.7. The van der Waals surface area contributed by atoms with Crippen LogP contribution in [0.1, 0.15) is 26.5 Å². The molecule has 0 bridgehead atoms. The summed E-state index contributed by atoms with van der Waals surface area (Å²) in [5.41, 5.74) is 0.511. The van der Waals surface area contributed by atoms with Gasteiger partial charge in [0.1, 0.15) is 5.60 Å². The predicted octanol–water partition coefficient (Wildman–Crippen LogP) is 4.16. The molecule has 116 valence electrons. The first kappa shape index (κ1) is 15.9. The first-order valence-electron chi connectivity index (χ1n) is 7.02. The van der Waals surface area contributed by atoms with Gasteiger partial charge in [0.15, 0.2) is 0 Å². The molecule has 5 heteroatoms. The van der Waals surface area contributed by atoms with Crippen molar-refractivity contribution < 1.29 is 13.9 Å². The molecule has 1 amide bonds. The lowest BCUT2D eigenvalue weighted by Gasteiger charge is -2.27. The second-order valence-electron chi connectivity index (χ2n) is 5.85. The molecule has 0 fully saturated rings. The van der Waals surface area contributed by atoms with Crippen LogP contribution in [-0.2, 0) is 11.3 Å². The van der Waals surface area contributed by atoms with E-state index in [2.05, 4.69) is 4.98 Å². The van der Waals surface area contributed by atoms with Crippen LogP contribution in [0.15, 0.2) is 48.5 Å². The van der Waals surface area contributed by atoms with Crippen molar-refractivity contribution in [2.75, 3.05) is 4.90 Å². The quantitative estimate of drug-likeness (QED) is 0.799. The van der Waals surface area contributed by atoms with E-state index in [0.29, 0.717) is 11.4 Å². The third-order valence-electron chi connectivity index (χ3n) is 2.77. The van der Waals surface area contributed by atoms with E-state index in [4.69, 9.17) is 4.74 Å². The first-order valence-corrected chi connectivity index (χ1v) is 7.02. The fourth-order valence-corrected chi connectivity index (χ4v) is 1.89. The second kappa shape index (κ2) is 6.56. The molecule has 0 N–H and O–H groups in total. The largest absolute Gasteiger partial charge is 0.443 e. The van der Waals surface area contributed by atoms with Crippen molar-refractivity contribution >= 4 is 11.8 Å². The fraction of sp³-hybridized carbons (Fsp3) is 0.294. The van der Waals surface area contributed by atoms with Crippen LogP contribution in [0.25, 0.3) is 0 Å². The first-order chi connectivity index (χ1) is 10.3. The Bertz CT molecular complexity index is 639. The van der Waals surface area contributed by atoms with E-state index in [0.717, 1.165) is 0 Å². The molecule has 0 unspecified atom stereocenters. The highest BCUT2D eigenvalue weighted by molar-refractivity contribution is 5.87. The van der Waals surface area contributed by atoms with Crippen molar-refractivity contribution in [2.24, 2.45) is 0 Å². The van der Waals surface area contributed by atoms with Gasteiger partial charge in [-0.25, -0.2) is 9.78 Å². The topological polar surface area (TPSA) is 42.4 Å². The van der Waals surface area contributed by atoms with E-state index in [9.17, 15) is 9.18 Å². The number of para-hydroxylation sites is 1. The highest BCUT2D eigenvalue weighted by atomic mass is 19.1. The number of rotatable bonds is 3. The second-order valence-corrected chi connectivity index (χ2v) is 5.85. The van der Waals surface area contributed by atoms with Gasteiger partial charge in [0, 0.05) is 5.69 Å². The maximum Gasteiger partial charge on any atom is 0.415 e. The smallest absolute Gasteiger partial charge is 0.415 e. The number of halogens is 1. The Morgan fingerprint density at radius 2 is 1.82 bits per heavy atom. The van der Waals surface area contributed by atoms with E-state index in [1.165, 1.54) is 11.0 Å². The fourth-order valence-electron chi connectivity index (χ4n) is 1.89. The van der Waals surface area contributed by atoms with Crippen molar-refractivity contribution in [2.45, 2.75) is 32.9 Å². The Balaban J connectivity index is 2.28. The lowest BCUT2D eigenvalue weighted by molar-refractivity contribution is 0.0577. The summed E-state index contributed by atoms with van der Waals surface area (Å²) in [5.74, 6) is -0.574. The average molecular weight is 302 g/mol. The Morgan fingerprint density at radius 1 is 1.14 bits per heavy atom. The molecule has 2 rings (SSSR count). The average Bonchev–Trinajstić information content (AvgIpc) is 2.44. The van der Waals surface area contributed by atoms with E-state index < -0.39 is 17.6 Å². The number of amides is 1. The molecule has 0 aliphatic heterocycles. The van der Waals surface area contributed by atoms with E-state index in [-0.39, 0.29) is 6.54 Å². The normalized spacial score (nSPS) is 11.1. The summed E-state index contributed by atoms with van der Waals surface area (Å²) in [5, 5.41) is 0. The van der Waals surface area contributed by atoms with Crippen LogP contribution in [0.5, 0.6) is 0 Å². The standard InChI is InChI=1S/C17H19FN2O2/c1-17(2,3)22-16(21)20(14-9-5-4-6-10-14)12-13-8-7-11-15(18)19-13/h4-11H,12H2,1-3H3. The van der Waals surface area contributed by atoms with Gasteiger partial charge in [-0.05, 0) is 45.0 Å². The lowest BCUT2D eigenvalue weighted by atomic mass is 10.2. The molecule has 0 saturated heterocycles. The van der Waals surface area contributed by atoms with Crippen molar-refractivity contribution in [3.8, 4) is 0 Å². The lowest BCUT2D eigenvalue weighted by Crippen LogP contribution is -2.36. The molecule has 2 aromatic rings. The number of aromatic nitrogens is 1. The molecule has 4 nitrogen and oxygen atoms in total. The Labute approximate surface area is 129 Å². The molecule has 0 radical (unpaired) electrons. The number of carbonyl (C=O) groups is 1. The van der Waals surface area contributed by atoms with E-state index in [1.807, 2.05) is 18.2 Å². The number of anilines is 1. The van der Waals surface area contributed by atoms with Gasteiger partial charge < -0.3 is 4.74 Å². The van der Waals surface area contributed by atoms with Crippen molar-refractivity contribution in [1.29, 1.82) is 0 Å². The Kier molecular flexibility index (Phi) is 4.75. The molecule has 0 saturated carbocycles. The number of ether oxygens (including phenoxy) is 1. The van der Waals surface area contributed by atoms with E-state index >= 15 is 0 Å². The minimum atomic E-state index is -0.612. The number of nitrogens with zero attached hydrogens (tertiary/aromatic N) is 2. The molecule has 22 heavy (non-hydrogen) atoms. The highest BCUT2D eigenvalue weighted by Crippen LogP contribution is 2.20. The maximum absolute atomic E-state index is 13.2. The molecule has 1 aromatic carbocycles. The van der Waals surface area contributed by atoms with Crippen molar-refractivity contribution in [3.05, 3.63) is 60.2 Å². The minimum Gasteiger partial charge on any atom is -0.443 e. The van der Waals surface area contributed by atoms with Gasteiger partial charge in [0.2, 0.25) is 5.95 Å². The molecule has 1 aromatic heterocycles. The molecular weight excluding hydrogens is 283 g/mol. The van der Waals surface area contributed by atoms with Gasteiger partial charge in [-0.2, -0.15) is 4.39 Å². The van der Waals surface area contributed by atoms with Crippen LogP contribution in [0.2, 0.25) is 0 Å². The number of hydrogen-bond acceptors (Lipinski definition) is 3. The summed E-state index contributed by atoms with van der Waals surface area (Å²) in [4.78, 5) is 17.7. The van der Waals surface area contributed by atoms with E-state index in [1.54, 1.807) is 45.0 Å². The van der Waals surface area contributed by atoms with Gasteiger partial charge in [-0.15, -0.1) is 0 Å². The molecule has 0 aliphatic rings. The number of hydrogen-bond donors (Lipinski definition) is 0. The molecule has 1 heterocycles. The van der Waals surface area contributed by atoms with Crippen LogP contribution in [-0.4, -0.2) is 16.7 Å². The van der Waals surface area contributed by atoms with Crippen molar-refractivity contribution in [3.63, 3.8) is 0 Å². The zero-order valence-electron chi connectivity index (χ0n) is 12.9. The van der Waals surface area contributed by atoms with Gasteiger partial charge in [0.25, 0.3) is 0 Å². The van der Waals surface area contributed by atoms with Crippen LogP contribution in [0.3, 0.4) is 0 Å². The number of pyridine rings is 1. The van der Waals surface area contributed by atoms with Gasteiger partial charge in [-0.3, -0.25) is 4.90 Å². The summed E-state index contributed by atoms with van der Waals surface area (Å²) in [7, 11) is 0. The third kappa shape index (κ3) is 4.55. The Morgan fingerprint density at radius 3 is 2.41 bits per heavy atom. The monoisotopic (exact) mass is 302 g/mol. The Hall–Kier alpha value is -2.43. The number of benzene rings is 1. The van der Waals surface area contributed by atoms with Crippen molar-refractivity contribution in [1.82, 2.24) is 4.98 Å². The number of carbonyl (C=O) groups excluding carboxylic acids is 1. The highest BCUT2D eigenvalue weighted by Gasteiger charge is 2.24. The minimum absolute atomic E-state index is 0.136. The summed E-state index contributed by atoms with van der Waals surface area (Å²) in [6.07, 6.45) is -0.496. The summed E-state index contributed by atoms with van der Waals surface area (Å²) >= 11 is 0. The van der Waals surface area contributed by atoms with Gasteiger partial charge >= 0.3 is 6.09 Å². The van der Waals surface area contributed by atoms with Crippen LogP contribution < -0.4 is 4.90 Å². The third-order valence-corrected chi connectivity index (χ3v) is 2.77. The predicted molar refractivity (Wildman–Crippen MR) is 83.1 cm³/mol. The van der Waals surface area contributed by atoms with Crippen LogP contribution in [0.4, 0.5) is 14.9 Å².